The first-order chi connectivity index (χ1) is 14.1. The predicted octanol–water partition coefficient (Wildman–Crippen LogP) is 4.90. The number of alkyl halides is 3. The second-order valence-electron chi connectivity index (χ2n) is 6.14. The number of carbonyl (C=O) groups is 1. The number of rotatable bonds is 5. The molecule has 156 valence electrons. The highest BCUT2D eigenvalue weighted by Crippen LogP contribution is 2.31. The molecule has 0 fully saturated rings. The minimum atomic E-state index is -4.58. The highest BCUT2D eigenvalue weighted by Gasteiger charge is 2.30. The van der Waals surface area contributed by atoms with E-state index in [0.717, 1.165) is 42.5 Å². The summed E-state index contributed by atoms with van der Waals surface area (Å²) < 4.78 is 78.9. The van der Waals surface area contributed by atoms with E-state index in [4.69, 9.17) is 0 Å². The van der Waals surface area contributed by atoms with Gasteiger partial charge in [-0.05, 0) is 54.6 Å². The molecule has 0 heterocycles. The van der Waals surface area contributed by atoms with Gasteiger partial charge in [-0.25, -0.2) is 12.8 Å². The average molecular weight is 438 g/mol. The fourth-order valence-corrected chi connectivity index (χ4v) is 3.64. The van der Waals surface area contributed by atoms with Gasteiger partial charge >= 0.3 is 6.18 Å². The molecule has 0 unspecified atom stereocenters. The summed E-state index contributed by atoms with van der Waals surface area (Å²) in [5.74, 6) is -1.43. The van der Waals surface area contributed by atoms with E-state index in [1.54, 1.807) is 0 Å². The highest BCUT2D eigenvalue weighted by atomic mass is 32.2. The van der Waals surface area contributed by atoms with Gasteiger partial charge in [0, 0.05) is 5.69 Å². The molecule has 2 N–H and O–H groups in total. The number of hydrogen-bond acceptors (Lipinski definition) is 3. The van der Waals surface area contributed by atoms with Crippen LogP contribution in [0.15, 0.2) is 77.7 Å². The van der Waals surface area contributed by atoms with Crippen molar-refractivity contribution in [2.24, 2.45) is 0 Å². The van der Waals surface area contributed by atoms with Crippen LogP contribution in [0.3, 0.4) is 0 Å². The van der Waals surface area contributed by atoms with E-state index < -0.39 is 33.5 Å². The lowest BCUT2D eigenvalue weighted by Crippen LogP contribution is -2.19. The van der Waals surface area contributed by atoms with E-state index >= 15 is 0 Å². The van der Waals surface area contributed by atoms with E-state index in [9.17, 15) is 30.8 Å². The van der Waals surface area contributed by atoms with Crippen molar-refractivity contribution in [3.05, 3.63) is 89.7 Å². The van der Waals surface area contributed by atoms with Crippen molar-refractivity contribution in [3.63, 3.8) is 0 Å². The standard InChI is InChI=1S/C20H14F4N2O3S/c21-14-8-10-16(11-9-14)30(28,29)26-18-7-2-1-6-17(18)19(27)25-15-5-3-4-13(12-15)20(22,23)24/h1-12,26H,(H,25,27). The third-order valence-electron chi connectivity index (χ3n) is 3.99. The molecular weight excluding hydrogens is 424 g/mol. The number of para-hydroxylation sites is 1. The molecule has 3 aromatic carbocycles. The molecule has 1 amide bonds. The largest absolute Gasteiger partial charge is 0.416 e. The monoisotopic (exact) mass is 438 g/mol. The number of carbonyl (C=O) groups excluding carboxylic acids is 1. The number of halogens is 4. The molecule has 30 heavy (non-hydrogen) atoms. The van der Waals surface area contributed by atoms with Crippen molar-refractivity contribution < 1.29 is 30.8 Å². The van der Waals surface area contributed by atoms with Crippen molar-refractivity contribution >= 4 is 27.3 Å². The molecule has 0 spiro atoms. The van der Waals surface area contributed by atoms with Crippen LogP contribution in [0.5, 0.6) is 0 Å². The zero-order chi connectivity index (χ0) is 21.9. The topological polar surface area (TPSA) is 75.3 Å². The number of sulfonamides is 1. The Balaban J connectivity index is 1.86. The lowest BCUT2D eigenvalue weighted by molar-refractivity contribution is -0.137. The van der Waals surface area contributed by atoms with Gasteiger partial charge in [0.1, 0.15) is 5.82 Å². The van der Waals surface area contributed by atoms with Crippen LogP contribution in [-0.4, -0.2) is 14.3 Å². The Morgan fingerprint density at radius 1 is 0.867 bits per heavy atom. The van der Waals surface area contributed by atoms with Crippen LogP contribution in [0.4, 0.5) is 28.9 Å². The Bertz CT molecular complexity index is 1180. The summed E-state index contributed by atoms with van der Waals surface area (Å²) in [7, 11) is -4.13. The van der Waals surface area contributed by atoms with Gasteiger partial charge < -0.3 is 5.32 Å². The zero-order valence-corrected chi connectivity index (χ0v) is 15.9. The summed E-state index contributed by atoms with van der Waals surface area (Å²) in [6.45, 7) is 0. The summed E-state index contributed by atoms with van der Waals surface area (Å²) in [6, 6.07) is 13.7. The molecule has 0 aliphatic carbocycles. The molecule has 0 aromatic heterocycles. The Morgan fingerprint density at radius 3 is 2.20 bits per heavy atom. The molecule has 0 atom stereocenters. The van der Waals surface area contributed by atoms with E-state index in [-0.39, 0.29) is 21.8 Å². The third-order valence-corrected chi connectivity index (χ3v) is 5.37. The summed E-state index contributed by atoms with van der Waals surface area (Å²) in [4.78, 5) is 12.4. The van der Waals surface area contributed by atoms with Crippen molar-refractivity contribution in [2.75, 3.05) is 10.0 Å². The quantitative estimate of drug-likeness (QED) is 0.557. The molecule has 0 saturated carbocycles. The molecule has 0 aliphatic rings. The Labute approximate surface area is 169 Å². The van der Waals surface area contributed by atoms with Crippen LogP contribution >= 0.6 is 0 Å². The third kappa shape index (κ3) is 4.95. The van der Waals surface area contributed by atoms with Crippen molar-refractivity contribution in [1.29, 1.82) is 0 Å². The minimum absolute atomic E-state index is 0.0914. The fourth-order valence-electron chi connectivity index (χ4n) is 2.56. The summed E-state index contributed by atoms with van der Waals surface area (Å²) in [6.07, 6.45) is -4.58. The SMILES string of the molecule is O=C(Nc1cccc(C(F)(F)F)c1)c1ccccc1NS(=O)(=O)c1ccc(F)cc1. The van der Waals surface area contributed by atoms with Gasteiger partial charge in [-0.15, -0.1) is 0 Å². The summed E-state index contributed by atoms with van der Waals surface area (Å²) >= 11 is 0. The minimum Gasteiger partial charge on any atom is -0.322 e. The second kappa shape index (κ2) is 8.15. The highest BCUT2D eigenvalue weighted by molar-refractivity contribution is 7.92. The number of benzene rings is 3. The summed E-state index contributed by atoms with van der Waals surface area (Å²) in [5, 5.41) is 2.32. The van der Waals surface area contributed by atoms with Crippen LogP contribution in [0.1, 0.15) is 15.9 Å². The van der Waals surface area contributed by atoms with Crippen LogP contribution in [-0.2, 0) is 16.2 Å². The summed E-state index contributed by atoms with van der Waals surface area (Å²) in [5.41, 5.74) is -1.25. The Kier molecular flexibility index (Phi) is 5.79. The number of hydrogen-bond donors (Lipinski definition) is 2. The molecule has 0 saturated heterocycles. The maximum Gasteiger partial charge on any atom is 0.416 e. The average Bonchev–Trinajstić information content (AvgIpc) is 2.68. The van der Waals surface area contributed by atoms with Gasteiger partial charge in [-0.3, -0.25) is 9.52 Å². The Hall–Kier alpha value is -3.40. The number of amides is 1. The van der Waals surface area contributed by atoms with Gasteiger partial charge in [-0.2, -0.15) is 13.2 Å². The lowest BCUT2D eigenvalue weighted by Gasteiger charge is -2.14. The van der Waals surface area contributed by atoms with E-state index in [0.29, 0.717) is 0 Å². The van der Waals surface area contributed by atoms with Crippen molar-refractivity contribution in [3.8, 4) is 0 Å². The van der Waals surface area contributed by atoms with Crippen LogP contribution in [0.25, 0.3) is 0 Å². The zero-order valence-electron chi connectivity index (χ0n) is 15.1. The molecule has 0 aliphatic heterocycles. The van der Waals surface area contributed by atoms with Crippen molar-refractivity contribution in [2.45, 2.75) is 11.1 Å². The predicted molar refractivity (Wildman–Crippen MR) is 103 cm³/mol. The normalized spacial score (nSPS) is 11.7. The van der Waals surface area contributed by atoms with Gasteiger partial charge in [-0.1, -0.05) is 18.2 Å². The molecule has 0 radical (unpaired) electrons. The number of anilines is 2. The first-order valence-electron chi connectivity index (χ1n) is 8.42. The van der Waals surface area contributed by atoms with Crippen molar-refractivity contribution in [1.82, 2.24) is 0 Å². The molecule has 0 bridgehead atoms. The van der Waals surface area contributed by atoms with E-state index in [1.807, 2.05) is 0 Å². The fraction of sp³-hybridized carbons (Fsp3) is 0.0500. The maximum atomic E-state index is 13.0. The first kappa shape index (κ1) is 21.3. The van der Waals surface area contributed by atoms with Crippen LogP contribution in [0, 0.1) is 5.82 Å². The molecule has 3 aromatic rings. The molecule has 5 nitrogen and oxygen atoms in total. The lowest BCUT2D eigenvalue weighted by atomic mass is 10.1. The molecule has 10 heteroatoms. The molecule has 3 rings (SSSR count). The van der Waals surface area contributed by atoms with Gasteiger partial charge in [0.2, 0.25) is 0 Å². The Morgan fingerprint density at radius 2 is 1.53 bits per heavy atom. The smallest absolute Gasteiger partial charge is 0.322 e. The maximum absolute atomic E-state index is 13.0. The van der Waals surface area contributed by atoms with Gasteiger partial charge in [0.05, 0.1) is 21.7 Å². The van der Waals surface area contributed by atoms with Gasteiger partial charge in [0.25, 0.3) is 15.9 Å². The van der Waals surface area contributed by atoms with E-state index in [2.05, 4.69) is 10.0 Å². The van der Waals surface area contributed by atoms with E-state index in [1.165, 1.54) is 30.3 Å². The van der Waals surface area contributed by atoms with Gasteiger partial charge in [0.15, 0.2) is 0 Å². The first-order valence-corrected chi connectivity index (χ1v) is 9.90. The second-order valence-corrected chi connectivity index (χ2v) is 7.82. The number of nitrogens with one attached hydrogen (secondary N) is 2. The van der Waals surface area contributed by atoms with Crippen LogP contribution in [0.2, 0.25) is 0 Å². The van der Waals surface area contributed by atoms with Crippen LogP contribution < -0.4 is 10.0 Å². The molecular formula is C20H14F4N2O3S.